The van der Waals surface area contributed by atoms with Gasteiger partial charge in [-0.3, -0.25) is 6.67 Å². The SMILES string of the molecule is CC[N-]C[N-]CC.[W].[W]. The number of nitrogens with zero attached hydrogens (tertiary/aromatic N) is 2. The summed E-state index contributed by atoms with van der Waals surface area (Å²) >= 11 is 0. The van der Waals surface area contributed by atoms with Crippen molar-refractivity contribution >= 4 is 0 Å². The predicted molar refractivity (Wildman–Crippen MR) is 32.7 cm³/mol. The van der Waals surface area contributed by atoms with E-state index in [1.54, 1.807) is 0 Å². The summed E-state index contributed by atoms with van der Waals surface area (Å²) in [4.78, 5) is 0. The van der Waals surface area contributed by atoms with E-state index in [0.29, 0.717) is 6.67 Å². The molecule has 0 aliphatic carbocycles. The summed E-state index contributed by atoms with van der Waals surface area (Å²) in [6.45, 7) is 6.51. The molecule has 0 saturated heterocycles. The standard InChI is InChI=1S/C5H12N2.2W/c1-3-6-5-7-4-2;;/h3-5H2,1-2H3;;/q-2;;. The molecule has 56 valence electrons. The van der Waals surface area contributed by atoms with E-state index in [-0.39, 0.29) is 42.1 Å². The van der Waals surface area contributed by atoms with E-state index in [1.165, 1.54) is 0 Å². The first-order chi connectivity index (χ1) is 3.41. The third-order valence-corrected chi connectivity index (χ3v) is 0.647. The van der Waals surface area contributed by atoms with Crippen molar-refractivity contribution in [2.75, 3.05) is 19.8 Å². The maximum atomic E-state index is 3.99. The zero-order valence-corrected chi connectivity index (χ0v) is 11.7. The van der Waals surface area contributed by atoms with E-state index in [0.717, 1.165) is 13.1 Å². The Morgan fingerprint density at radius 2 is 1.22 bits per heavy atom. The molecule has 0 aliphatic rings. The van der Waals surface area contributed by atoms with Crippen molar-refractivity contribution in [2.24, 2.45) is 0 Å². The van der Waals surface area contributed by atoms with Gasteiger partial charge in [-0.15, -0.1) is 0 Å². The van der Waals surface area contributed by atoms with Gasteiger partial charge in [0.2, 0.25) is 0 Å². The molecule has 0 aromatic rings. The van der Waals surface area contributed by atoms with Crippen LogP contribution in [0.4, 0.5) is 0 Å². The van der Waals surface area contributed by atoms with Crippen molar-refractivity contribution in [1.29, 1.82) is 0 Å². The molecule has 0 aliphatic heterocycles. The van der Waals surface area contributed by atoms with Crippen LogP contribution in [0.5, 0.6) is 0 Å². The van der Waals surface area contributed by atoms with Gasteiger partial charge in [0, 0.05) is 42.1 Å². The molecule has 0 spiro atoms. The normalized spacial score (nSPS) is 7.33. The van der Waals surface area contributed by atoms with Crippen molar-refractivity contribution in [3.05, 3.63) is 10.6 Å². The topological polar surface area (TPSA) is 28.2 Å². The maximum Gasteiger partial charge on any atom is 0 e. The molecule has 2 nitrogen and oxygen atoms in total. The Labute approximate surface area is 86.1 Å². The van der Waals surface area contributed by atoms with Crippen molar-refractivity contribution < 1.29 is 42.1 Å². The van der Waals surface area contributed by atoms with Crippen LogP contribution in [0.25, 0.3) is 10.6 Å². The van der Waals surface area contributed by atoms with Crippen molar-refractivity contribution in [2.45, 2.75) is 13.8 Å². The second-order valence-corrected chi connectivity index (χ2v) is 1.22. The Kier molecular flexibility index (Phi) is 30.0. The van der Waals surface area contributed by atoms with E-state index in [9.17, 15) is 0 Å². The average Bonchev–Trinajstić information content (AvgIpc) is 1.69. The Bertz CT molecular complexity index is 32.1. The van der Waals surface area contributed by atoms with Gasteiger partial charge >= 0.3 is 0 Å². The Hall–Kier alpha value is 1.30. The van der Waals surface area contributed by atoms with E-state index >= 15 is 0 Å². The van der Waals surface area contributed by atoms with E-state index < -0.39 is 0 Å². The molecular formula is C5H12N2W2-2. The minimum atomic E-state index is 0. The van der Waals surface area contributed by atoms with E-state index in [1.807, 2.05) is 13.8 Å². The summed E-state index contributed by atoms with van der Waals surface area (Å²) in [6.07, 6.45) is 0. The molecule has 0 atom stereocenters. The van der Waals surface area contributed by atoms with Gasteiger partial charge < -0.3 is 10.6 Å². The molecule has 0 rings (SSSR count). The third-order valence-electron chi connectivity index (χ3n) is 0.647. The Balaban J connectivity index is -0.000000180. The molecule has 0 aromatic heterocycles. The van der Waals surface area contributed by atoms with Crippen LogP contribution in [0.1, 0.15) is 13.8 Å². The summed E-state index contributed by atoms with van der Waals surface area (Å²) in [7, 11) is 0. The minimum Gasteiger partial charge on any atom is -0.681 e. The first kappa shape index (κ1) is 16.7. The molecule has 0 heterocycles. The molecule has 4 heteroatoms. The monoisotopic (exact) mass is 468 g/mol. The molecule has 0 unspecified atom stereocenters. The van der Waals surface area contributed by atoms with Crippen LogP contribution < -0.4 is 0 Å². The first-order valence-corrected chi connectivity index (χ1v) is 2.68. The van der Waals surface area contributed by atoms with Gasteiger partial charge in [0.25, 0.3) is 0 Å². The average molecular weight is 468 g/mol. The first-order valence-electron chi connectivity index (χ1n) is 2.68. The van der Waals surface area contributed by atoms with Crippen LogP contribution in [0.15, 0.2) is 0 Å². The zero-order valence-electron chi connectivity index (χ0n) is 5.83. The van der Waals surface area contributed by atoms with Gasteiger partial charge in [0.1, 0.15) is 0 Å². The molecule has 0 aromatic carbocycles. The molecule has 0 saturated carbocycles. The Morgan fingerprint density at radius 1 is 0.889 bits per heavy atom. The maximum absolute atomic E-state index is 3.99. The van der Waals surface area contributed by atoms with Crippen molar-refractivity contribution in [3.63, 3.8) is 0 Å². The molecule has 9 heavy (non-hydrogen) atoms. The van der Waals surface area contributed by atoms with Gasteiger partial charge in [-0.25, -0.2) is 0 Å². The predicted octanol–water partition coefficient (Wildman–Crippen LogP) is 1.73. The molecule has 0 amide bonds. The van der Waals surface area contributed by atoms with Gasteiger partial charge in [-0.2, -0.15) is 13.1 Å². The smallest absolute Gasteiger partial charge is 0 e. The quantitative estimate of drug-likeness (QED) is 0.564. The van der Waals surface area contributed by atoms with Crippen molar-refractivity contribution in [3.8, 4) is 0 Å². The van der Waals surface area contributed by atoms with Crippen LogP contribution in [-0.2, 0) is 42.1 Å². The fourth-order valence-electron chi connectivity index (χ4n) is 0.271. The van der Waals surface area contributed by atoms with Crippen LogP contribution in [0.3, 0.4) is 0 Å². The fourth-order valence-corrected chi connectivity index (χ4v) is 0.271. The second-order valence-electron chi connectivity index (χ2n) is 1.22. The molecule has 0 N–H and O–H groups in total. The fraction of sp³-hybridized carbons (Fsp3) is 1.00. The van der Waals surface area contributed by atoms with Gasteiger partial charge in [-0.1, -0.05) is 13.8 Å². The molecule has 0 fully saturated rings. The number of hydrogen-bond acceptors (Lipinski definition) is 0. The minimum absolute atomic E-state index is 0. The van der Waals surface area contributed by atoms with Crippen LogP contribution in [0, 0.1) is 0 Å². The summed E-state index contributed by atoms with van der Waals surface area (Å²) in [5.74, 6) is 0. The Morgan fingerprint density at radius 3 is 1.44 bits per heavy atom. The van der Waals surface area contributed by atoms with Crippen LogP contribution >= 0.6 is 0 Å². The van der Waals surface area contributed by atoms with E-state index in [4.69, 9.17) is 0 Å². The van der Waals surface area contributed by atoms with Crippen molar-refractivity contribution in [1.82, 2.24) is 0 Å². The molecule has 0 radical (unpaired) electrons. The second kappa shape index (κ2) is 16.1. The summed E-state index contributed by atoms with van der Waals surface area (Å²) in [6, 6.07) is 0. The van der Waals surface area contributed by atoms with Gasteiger partial charge in [0.15, 0.2) is 0 Å². The van der Waals surface area contributed by atoms with Gasteiger partial charge in [0.05, 0.1) is 0 Å². The van der Waals surface area contributed by atoms with E-state index in [2.05, 4.69) is 10.6 Å². The molecule has 0 bridgehead atoms. The third kappa shape index (κ3) is 17.6. The summed E-state index contributed by atoms with van der Waals surface area (Å²) < 4.78 is 0. The number of rotatable bonds is 4. The van der Waals surface area contributed by atoms with Crippen LogP contribution in [0.2, 0.25) is 0 Å². The van der Waals surface area contributed by atoms with Crippen LogP contribution in [-0.4, -0.2) is 19.8 Å². The largest absolute Gasteiger partial charge is 0.681 e. The number of hydrogen-bond donors (Lipinski definition) is 0. The zero-order chi connectivity index (χ0) is 5.54. The summed E-state index contributed by atoms with van der Waals surface area (Å²) in [5.41, 5.74) is 0. The molecular weight excluding hydrogens is 456 g/mol. The van der Waals surface area contributed by atoms with Gasteiger partial charge in [-0.05, 0) is 0 Å². The summed E-state index contributed by atoms with van der Waals surface area (Å²) in [5, 5.41) is 7.99.